The normalized spacial score (nSPS) is 12.1. The van der Waals surface area contributed by atoms with E-state index in [0.717, 1.165) is 30.4 Å². The number of rotatable bonds is 7. The average Bonchev–Trinajstić information content (AvgIpc) is 2.68. The maximum atomic E-state index is 5.21. The summed E-state index contributed by atoms with van der Waals surface area (Å²) in [6.07, 6.45) is 0. The van der Waals surface area contributed by atoms with Crippen LogP contribution in [0.4, 0.5) is 0 Å². The van der Waals surface area contributed by atoms with Crippen LogP contribution in [0.15, 0.2) is 0 Å². The molecule has 0 aromatic carbocycles. The van der Waals surface area contributed by atoms with Crippen molar-refractivity contribution in [2.75, 3.05) is 27.4 Å². The summed E-state index contributed by atoms with van der Waals surface area (Å²) < 4.78 is 10.2. The van der Waals surface area contributed by atoms with E-state index in [2.05, 4.69) is 26.1 Å². The fraction of sp³-hybridized carbons (Fsp3) is 0.769. The molecule has 104 valence electrons. The number of methoxy groups -OCH3 is 2. The summed E-state index contributed by atoms with van der Waals surface area (Å²) in [5.41, 5.74) is 1.15. The van der Waals surface area contributed by atoms with E-state index in [1.807, 2.05) is 0 Å². The largest absolute Gasteiger partial charge is 0.383 e. The zero-order chi connectivity index (χ0) is 13.6. The molecule has 0 saturated heterocycles. The maximum Gasteiger partial charge on any atom is 0.0986 e. The zero-order valence-electron chi connectivity index (χ0n) is 12.0. The van der Waals surface area contributed by atoms with Crippen LogP contribution in [0.25, 0.3) is 0 Å². The Labute approximate surface area is 114 Å². The van der Waals surface area contributed by atoms with Gasteiger partial charge in [0, 0.05) is 37.6 Å². The monoisotopic (exact) mass is 272 g/mol. The summed E-state index contributed by atoms with van der Waals surface area (Å²) in [5.74, 6) is 0. The SMILES string of the molecule is COCCNCc1sc(C(C)(C)C)nc1COC. The summed E-state index contributed by atoms with van der Waals surface area (Å²) >= 11 is 1.77. The van der Waals surface area contributed by atoms with Crippen molar-refractivity contribution in [2.45, 2.75) is 39.3 Å². The van der Waals surface area contributed by atoms with Crippen molar-refractivity contribution in [2.24, 2.45) is 0 Å². The molecule has 1 aromatic heterocycles. The van der Waals surface area contributed by atoms with Crippen molar-refractivity contribution in [1.82, 2.24) is 10.3 Å². The molecular weight excluding hydrogens is 248 g/mol. The van der Waals surface area contributed by atoms with Crippen LogP contribution >= 0.6 is 11.3 Å². The summed E-state index contributed by atoms with van der Waals surface area (Å²) in [5, 5.41) is 4.52. The minimum Gasteiger partial charge on any atom is -0.383 e. The number of hydrogen-bond acceptors (Lipinski definition) is 5. The van der Waals surface area contributed by atoms with Crippen LogP contribution in [-0.4, -0.2) is 32.4 Å². The molecule has 0 bridgehead atoms. The highest BCUT2D eigenvalue weighted by Crippen LogP contribution is 2.29. The van der Waals surface area contributed by atoms with Gasteiger partial charge in [-0.05, 0) is 0 Å². The first-order chi connectivity index (χ1) is 8.49. The van der Waals surface area contributed by atoms with Gasteiger partial charge in [0.15, 0.2) is 0 Å². The van der Waals surface area contributed by atoms with Crippen LogP contribution < -0.4 is 5.32 Å². The maximum absolute atomic E-state index is 5.21. The number of aromatic nitrogens is 1. The second-order valence-electron chi connectivity index (χ2n) is 5.24. The number of thiazole rings is 1. The molecule has 5 heteroatoms. The quantitative estimate of drug-likeness (QED) is 0.774. The van der Waals surface area contributed by atoms with E-state index in [1.165, 1.54) is 4.88 Å². The predicted molar refractivity (Wildman–Crippen MR) is 75.1 cm³/mol. The van der Waals surface area contributed by atoms with Gasteiger partial charge in [-0.3, -0.25) is 0 Å². The van der Waals surface area contributed by atoms with Gasteiger partial charge in [-0.15, -0.1) is 11.3 Å². The van der Waals surface area contributed by atoms with Crippen molar-refractivity contribution in [3.8, 4) is 0 Å². The van der Waals surface area contributed by atoms with Gasteiger partial charge in [-0.2, -0.15) is 0 Å². The van der Waals surface area contributed by atoms with Gasteiger partial charge in [0.25, 0.3) is 0 Å². The molecule has 0 aliphatic heterocycles. The Bertz CT molecular complexity index is 358. The summed E-state index contributed by atoms with van der Waals surface area (Å²) in [7, 11) is 3.42. The van der Waals surface area contributed by atoms with Gasteiger partial charge in [0.1, 0.15) is 0 Å². The van der Waals surface area contributed by atoms with Crippen LogP contribution in [0, 0.1) is 0 Å². The van der Waals surface area contributed by atoms with E-state index in [9.17, 15) is 0 Å². The van der Waals surface area contributed by atoms with Crippen molar-refractivity contribution in [1.29, 1.82) is 0 Å². The van der Waals surface area contributed by atoms with Crippen LogP contribution in [0.5, 0.6) is 0 Å². The standard InChI is InChI=1S/C13H24N2O2S/c1-13(2,3)12-15-10(9-17-5)11(18-12)8-14-6-7-16-4/h14H,6-9H2,1-5H3. The lowest BCUT2D eigenvalue weighted by molar-refractivity contribution is 0.180. The fourth-order valence-electron chi connectivity index (χ4n) is 1.47. The summed E-state index contributed by atoms with van der Waals surface area (Å²) in [6, 6.07) is 0. The van der Waals surface area contributed by atoms with Crippen LogP contribution in [-0.2, 0) is 28.0 Å². The minimum atomic E-state index is 0.0952. The van der Waals surface area contributed by atoms with Crippen LogP contribution in [0.1, 0.15) is 36.3 Å². The van der Waals surface area contributed by atoms with Crippen molar-refractivity contribution >= 4 is 11.3 Å². The van der Waals surface area contributed by atoms with Gasteiger partial charge in [-0.1, -0.05) is 20.8 Å². The molecule has 0 aliphatic carbocycles. The number of ether oxygens (including phenoxy) is 2. The van der Waals surface area contributed by atoms with Gasteiger partial charge < -0.3 is 14.8 Å². The molecule has 0 unspecified atom stereocenters. The Balaban J connectivity index is 2.71. The Hall–Kier alpha value is -0.490. The van der Waals surface area contributed by atoms with Crippen molar-refractivity contribution in [3.63, 3.8) is 0 Å². The second-order valence-corrected chi connectivity index (χ2v) is 6.33. The zero-order valence-corrected chi connectivity index (χ0v) is 12.8. The third-order valence-corrected chi connectivity index (χ3v) is 3.99. The summed E-state index contributed by atoms with van der Waals surface area (Å²) in [4.78, 5) is 5.95. The lowest BCUT2D eigenvalue weighted by atomic mass is 9.98. The first-order valence-electron chi connectivity index (χ1n) is 6.16. The number of hydrogen-bond donors (Lipinski definition) is 1. The molecule has 0 amide bonds. The highest BCUT2D eigenvalue weighted by atomic mass is 32.1. The number of nitrogens with zero attached hydrogens (tertiary/aromatic N) is 1. The van der Waals surface area contributed by atoms with Gasteiger partial charge in [0.05, 0.1) is 23.9 Å². The third kappa shape index (κ3) is 4.65. The lowest BCUT2D eigenvalue weighted by Gasteiger charge is -2.13. The molecule has 0 aliphatic rings. The van der Waals surface area contributed by atoms with Crippen molar-refractivity contribution in [3.05, 3.63) is 15.6 Å². The highest BCUT2D eigenvalue weighted by Gasteiger charge is 2.21. The smallest absolute Gasteiger partial charge is 0.0986 e. The molecule has 0 saturated carbocycles. The molecule has 1 rings (SSSR count). The lowest BCUT2D eigenvalue weighted by Crippen LogP contribution is -2.18. The summed E-state index contributed by atoms with van der Waals surface area (Å²) in [6.45, 7) is 9.54. The van der Waals surface area contributed by atoms with Gasteiger partial charge in [-0.25, -0.2) is 4.98 Å². The highest BCUT2D eigenvalue weighted by molar-refractivity contribution is 7.11. The fourth-order valence-corrected chi connectivity index (χ4v) is 2.56. The van der Waals surface area contributed by atoms with Crippen LogP contribution in [0.2, 0.25) is 0 Å². The molecule has 0 atom stereocenters. The second kappa shape index (κ2) is 7.19. The van der Waals surface area contributed by atoms with E-state index < -0.39 is 0 Å². The van der Waals surface area contributed by atoms with E-state index in [4.69, 9.17) is 14.5 Å². The Kier molecular flexibility index (Phi) is 6.21. The van der Waals surface area contributed by atoms with E-state index in [0.29, 0.717) is 6.61 Å². The Morgan fingerprint density at radius 2 is 1.94 bits per heavy atom. The van der Waals surface area contributed by atoms with Crippen LogP contribution in [0.3, 0.4) is 0 Å². The van der Waals surface area contributed by atoms with E-state index in [-0.39, 0.29) is 5.41 Å². The van der Waals surface area contributed by atoms with Gasteiger partial charge in [0.2, 0.25) is 0 Å². The molecule has 0 radical (unpaired) electrons. The molecule has 0 spiro atoms. The van der Waals surface area contributed by atoms with Gasteiger partial charge >= 0.3 is 0 Å². The third-order valence-electron chi connectivity index (χ3n) is 2.47. The predicted octanol–water partition coefficient (Wildman–Crippen LogP) is 2.32. The number of nitrogens with one attached hydrogen (secondary N) is 1. The first-order valence-corrected chi connectivity index (χ1v) is 6.98. The molecule has 1 aromatic rings. The van der Waals surface area contributed by atoms with E-state index >= 15 is 0 Å². The van der Waals surface area contributed by atoms with Crippen molar-refractivity contribution < 1.29 is 9.47 Å². The van der Waals surface area contributed by atoms with E-state index in [1.54, 1.807) is 25.6 Å². The first kappa shape index (κ1) is 15.6. The molecule has 18 heavy (non-hydrogen) atoms. The topological polar surface area (TPSA) is 43.4 Å². The molecule has 1 heterocycles. The molecular formula is C13H24N2O2S. The Morgan fingerprint density at radius 3 is 2.50 bits per heavy atom. The molecule has 1 N–H and O–H groups in total. The minimum absolute atomic E-state index is 0.0952. The molecule has 4 nitrogen and oxygen atoms in total. The Morgan fingerprint density at radius 1 is 1.22 bits per heavy atom. The molecule has 0 fully saturated rings. The average molecular weight is 272 g/mol.